The quantitative estimate of drug-likeness (QED) is 0.628. The van der Waals surface area contributed by atoms with Crippen LogP contribution in [0, 0.1) is 13.8 Å². The Morgan fingerprint density at radius 3 is 2.50 bits per heavy atom. The van der Waals surface area contributed by atoms with E-state index in [4.69, 9.17) is 0 Å². The highest BCUT2D eigenvalue weighted by Crippen LogP contribution is 2.23. The second-order valence-corrected chi connectivity index (χ2v) is 7.83. The van der Waals surface area contributed by atoms with Gasteiger partial charge in [-0.25, -0.2) is 4.40 Å². The number of anilines is 3. The van der Waals surface area contributed by atoms with Crippen molar-refractivity contribution in [3.8, 4) is 0 Å². The molecule has 3 aromatic rings. The van der Waals surface area contributed by atoms with Gasteiger partial charge >= 0.3 is 0 Å². The first-order valence-electron chi connectivity index (χ1n) is 8.74. The number of nitrogens with one attached hydrogen (secondary N) is 1. The maximum atomic E-state index is 12.4. The van der Waals surface area contributed by atoms with Gasteiger partial charge < -0.3 is 15.1 Å². The van der Waals surface area contributed by atoms with Gasteiger partial charge in [0.05, 0.1) is 5.75 Å². The van der Waals surface area contributed by atoms with Crippen molar-refractivity contribution in [3.63, 3.8) is 0 Å². The van der Waals surface area contributed by atoms with Crippen molar-refractivity contribution >= 4 is 41.0 Å². The van der Waals surface area contributed by atoms with Crippen molar-refractivity contribution in [1.82, 2.24) is 24.6 Å². The van der Waals surface area contributed by atoms with E-state index in [1.807, 2.05) is 70.0 Å². The highest BCUT2D eigenvalue weighted by Gasteiger charge is 2.18. The number of fused-ring (bicyclic) bond motifs is 1. The van der Waals surface area contributed by atoms with Gasteiger partial charge in [-0.05, 0) is 25.5 Å². The SMILES string of the molecule is Cc1ccc(NC(=O)CSc2nnc3nc(N(C)C)nc(N(C)C)n23)c(C)c1. The molecule has 0 aliphatic heterocycles. The van der Waals surface area contributed by atoms with E-state index >= 15 is 0 Å². The summed E-state index contributed by atoms with van der Waals surface area (Å²) in [4.78, 5) is 25.1. The number of hydrogen-bond acceptors (Lipinski definition) is 8. The topological polar surface area (TPSA) is 91.5 Å². The lowest BCUT2D eigenvalue weighted by atomic mass is 10.1. The monoisotopic (exact) mass is 400 g/mol. The average Bonchev–Trinajstić information content (AvgIpc) is 3.04. The third-order valence-corrected chi connectivity index (χ3v) is 4.93. The van der Waals surface area contributed by atoms with Gasteiger partial charge in [-0.1, -0.05) is 29.5 Å². The molecule has 0 aliphatic rings. The minimum absolute atomic E-state index is 0.106. The number of aromatic nitrogens is 5. The van der Waals surface area contributed by atoms with Crippen LogP contribution in [0.25, 0.3) is 5.78 Å². The molecule has 1 N–H and O–H groups in total. The van der Waals surface area contributed by atoms with Crippen LogP contribution in [0.5, 0.6) is 0 Å². The molecule has 2 aromatic heterocycles. The Morgan fingerprint density at radius 2 is 1.86 bits per heavy atom. The number of rotatable bonds is 6. The second kappa shape index (κ2) is 8.01. The van der Waals surface area contributed by atoms with Crippen LogP contribution in [-0.2, 0) is 4.79 Å². The summed E-state index contributed by atoms with van der Waals surface area (Å²) in [6, 6.07) is 5.93. The molecule has 0 unspecified atom stereocenters. The fourth-order valence-electron chi connectivity index (χ4n) is 2.63. The third kappa shape index (κ3) is 4.16. The molecule has 9 nitrogen and oxygen atoms in total. The van der Waals surface area contributed by atoms with Crippen molar-refractivity contribution in [1.29, 1.82) is 0 Å². The van der Waals surface area contributed by atoms with Gasteiger partial charge in [-0.3, -0.25) is 4.79 Å². The Kier molecular flexibility index (Phi) is 5.68. The van der Waals surface area contributed by atoms with E-state index in [0.717, 1.165) is 16.8 Å². The van der Waals surface area contributed by atoms with Gasteiger partial charge in [0, 0.05) is 33.9 Å². The molecular weight excluding hydrogens is 376 g/mol. The van der Waals surface area contributed by atoms with Crippen LogP contribution in [-0.4, -0.2) is 64.4 Å². The van der Waals surface area contributed by atoms with Crippen molar-refractivity contribution in [2.24, 2.45) is 0 Å². The Morgan fingerprint density at radius 1 is 1.11 bits per heavy atom. The number of amides is 1. The summed E-state index contributed by atoms with van der Waals surface area (Å²) in [6.07, 6.45) is 0. The zero-order chi connectivity index (χ0) is 20.4. The maximum absolute atomic E-state index is 12.4. The normalized spacial score (nSPS) is 10.9. The minimum Gasteiger partial charge on any atom is -0.348 e. The van der Waals surface area contributed by atoms with Crippen LogP contribution >= 0.6 is 11.8 Å². The number of carbonyl (C=O) groups excluding carboxylic acids is 1. The predicted molar refractivity (Wildman–Crippen MR) is 113 cm³/mol. The molecule has 0 radical (unpaired) electrons. The van der Waals surface area contributed by atoms with Gasteiger partial charge in [0.25, 0.3) is 5.78 Å². The largest absolute Gasteiger partial charge is 0.348 e. The van der Waals surface area contributed by atoms with E-state index in [2.05, 4.69) is 25.5 Å². The van der Waals surface area contributed by atoms with E-state index in [1.54, 1.807) is 4.40 Å². The van der Waals surface area contributed by atoms with E-state index in [-0.39, 0.29) is 11.7 Å². The van der Waals surface area contributed by atoms with Crippen LogP contribution in [0.15, 0.2) is 23.4 Å². The lowest BCUT2D eigenvalue weighted by Crippen LogP contribution is -2.21. The molecule has 0 aliphatic carbocycles. The summed E-state index contributed by atoms with van der Waals surface area (Å²) in [7, 11) is 7.52. The summed E-state index contributed by atoms with van der Waals surface area (Å²) in [6.45, 7) is 4.00. The smallest absolute Gasteiger partial charge is 0.261 e. The number of hydrogen-bond donors (Lipinski definition) is 1. The molecule has 148 valence electrons. The summed E-state index contributed by atoms with van der Waals surface area (Å²) >= 11 is 1.30. The van der Waals surface area contributed by atoms with Crippen LogP contribution in [0.2, 0.25) is 0 Å². The summed E-state index contributed by atoms with van der Waals surface area (Å²) in [5, 5.41) is 11.9. The zero-order valence-electron chi connectivity index (χ0n) is 16.9. The van der Waals surface area contributed by atoms with Gasteiger partial charge in [-0.15, -0.1) is 10.2 Å². The van der Waals surface area contributed by atoms with Gasteiger partial charge in [0.15, 0.2) is 5.16 Å². The molecule has 0 saturated heterocycles. The van der Waals surface area contributed by atoms with Gasteiger partial charge in [-0.2, -0.15) is 9.97 Å². The third-order valence-electron chi connectivity index (χ3n) is 4.00. The molecule has 1 amide bonds. The van der Waals surface area contributed by atoms with E-state index in [9.17, 15) is 4.79 Å². The number of benzene rings is 1. The molecule has 28 heavy (non-hydrogen) atoms. The van der Waals surface area contributed by atoms with Gasteiger partial charge in [0.2, 0.25) is 17.8 Å². The first-order valence-corrected chi connectivity index (χ1v) is 9.72. The lowest BCUT2D eigenvalue weighted by Gasteiger charge is -2.17. The molecule has 10 heteroatoms. The second-order valence-electron chi connectivity index (χ2n) is 6.89. The van der Waals surface area contributed by atoms with Crippen LogP contribution < -0.4 is 15.1 Å². The zero-order valence-corrected chi connectivity index (χ0v) is 17.7. The fraction of sp³-hybridized carbons (Fsp3) is 0.389. The molecule has 0 saturated carbocycles. The lowest BCUT2D eigenvalue weighted by molar-refractivity contribution is -0.113. The number of thioether (sulfide) groups is 1. The summed E-state index contributed by atoms with van der Waals surface area (Å²) in [5.74, 6) is 1.74. The summed E-state index contributed by atoms with van der Waals surface area (Å²) in [5.41, 5.74) is 3.01. The molecule has 3 rings (SSSR count). The number of aryl methyl sites for hydroxylation is 2. The molecule has 0 bridgehead atoms. The average molecular weight is 401 g/mol. The molecule has 0 fully saturated rings. The van der Waals surface area contributed by atoms with E-state index in [1.165, 1.54) is 11.8 Å². The van der Waals surface area contributed by atoms with Crippen molar-refractivity contribution in [2.45, 2.75) is 19.0 Å². The first-order chi connectivity index (χ1) is 13.3. The van der Waals surface area contributed by atoms with Crippen LogP contribution in [0.3, 0.4) is 0 Å². The Hall–Kier alpha value is -2.88. The number of nitrogens with zero attached hydrogens (tertiary/aromatic N) is 7. The fourth-order valence-corrected chi connectivity index (χ4v) is 3.35. The molecule has 0 spiro atoms. The Bertz CT molecular complexity index is 1010. The molecule has 2 heterocycles. The van der Waals surface area contributed by atoms with E-state index < -0.39 is 0 Å². The first kappa shape index (κ1) is 19.9. The summed E-state index contributed by atoms with van der Waals surface area (Å²) < 4.78 is 1.75. The van der Waals surface area contributed by atoms with E-state index in [0.29, 0.717) is 22.8 Å². The molecular formula is C18H24N8OS. The van der Waals surface area contributed by atoms with Gasteiger partial charge in [0.1, 0.15) is 0 Å². The predicted octanol–water partition coefficient (Wildman–Crippen LogP) is 2.00. The standard InChI is InChI=1S/C18H24N8OS/c1-11-7-8-13(12(2)9-11)19-14(27)10-28-18-23-22-16-20-15(24(3)4)21-17(25(5)6)26(16)18/h7-9H,10H2,1-6H3,(H,19,27). The van der Waals surface area contributed by atoms with Crippen molar-refractivity contribution < 1.29 is 4.79 Å². The Balaban J connectivity index is 1.79. The highest BCUT2D eigenvalue weighted by molar-refractivity contribution is 7.99. The molecule has 1 aromatic carbocycles. The van der Waals surface area contributed by atoms with Crippen LogP contribution in [0.4, 0.5) is 17.6 Å². The van der Waals surface area contributed by atoms with Crippen molar-refractivity contribution in [3.05, 3.63) is 29.3 Å². The minimum atomic E-state index is -0.106. The highest BCUT2D eigenvalue weighted by atomic mass is 32.2. The van der Waals surface area contributed by atoms with Crippen LogP contribution in [0.1, 0.15) is 11.1 Å². The maximum Gasteiger partial charge on any atom is 0.261 e. The Labute approximate surface area is 168 Å². The molecule has 0 atom stereocenters. The van der Waals surface area contributed by atoms with Crippen molar-refractivity contribution in [2.75, 3.05) is 49.1 Å². The number of carbonyl (C=O) groups is 1.